The number of benzene rings is 1. The maximum atomic E-state index is 12.1. The Morgan fingerprint density at radius 1 is 1.37 bits per heavy atom. The van der Waals surface area contributed by atoms with E-state index in [9.17, 15) is 9.90 Å². The Morgan fingerprint density at radius 3 is 2.74 bits per heavy atom. The van der Waals surface area contributed by atoms with Gasteiger partial charge in [0.25, 0.3) is 5.91 Å². The average Bonchev–Trinajstić information content (AvgIpc) is 3.09. The quantitative estimate of drug-likeness (QED) is 0.837. The van der Waals surface area contributed by atoms with Crippen molar-refractivity contribution in [2.45, 2.75) is 6.10 Å². The average molecular weight is 259 g/mol. The van der Waals surface area contributed by atoms with E-state index in [0.29, 0.717) is 5.56 Å². The van der Waals surface area contributed by atoms with Gasteiger partial charge in [-0.25, -0.2) is 5.06 Å². The van der Waals surface area contributed by atoms with Crippen LogP contribution in [0.1, 0.15) is 10.4 Å². The van der Waals surface area contributed by atoms with E-state index in [1.54, 1.807) is 18.3 Å². The number of rotatable bonds is 2. The fourth-order valence-electron chi connectivity index (χ4n) is 1.97. The highest BCUT2D eigenvalue weighted by Gasteiger charge is 2.26. The highest BCUT2D eigenvalue weighted by Crippen LogP contribution is 2.18. The molecule has 2 N–H and O–H groups in total. The zero-order valence-corrected chi connectivity index (χ0v) is 10.1. The third kappa shape index (κ3) is 2.35. The maximum absolute atomic E-state index is 12.1. The number of nitrogens with zero attached hydrogens (tertiary/aromatic N) is 2. The Labute approximate surface area is 109 Å². The zero-order valence-electron chi connectivity index (χ0n) is 10.1. The summed E-state index contributed by atoms with van der Waals surface area (Å²) in [5, 5.41) is 17.3. The van der Waals surface area contributed by atoms with Crippen molar-refractivity contribution < 1.29 is 14.7 Å². The molecule has 1 aliphatic heterocycles. The molecule has 0 aliphatic carbocycles. The third-order valence-corrected chi connectivity index (χ3v) is 2.97. The van der Waals surface area contributed by atoms with Crippen LogP contribution in [0.3, 0.4) is 0 Å². The van der Waals surface area contributed by atoms with Crippen LogP contribution in [0.5, 0.6) is 0 Å². The first kappa shape index (κ1) is 11.9. The predicted octanol–water partition coefficient (Wildman–Crippen LogP) is 0.825. The van der Waals surface area contributed by atoms with E-state index in [-0.39, 0.29) is 19.1 Å². The van der Waals surface area contributed by atoms with E-state index in [1.807, 2.05) is 18.2 Å². The Balaban J connectivity index is 1.77. The van der Waals surface area contributed by atoms with Crippen molar-refractivity contribution in [1.29, 1.82) is 0 Å². The summed E-state index contributed by atoms with van der Waals surface area (Å²) in [4.78, 5) is 17.2. The summed E-state index contributed by atoms with van der Waals surface area (Å²) in [6.45, 7) is 0.374. The molecule has 0 unspecified atom stereocenters. The third-order valence-electron chi connectivity index (χ3n) is 2.97. The van der Waals surface area contributed by atoms with E-state index in [1.165, 1.54) is 5.06 Å². The van der Waals surface area contributed by atoms with Gasteiger partial charge in [-0.05, 0) is 23.8 Å². The van der Waals surface area contributed by atoms with E-state index in [4.69, 9.17) is 4.84 Å². The summed E-state index contributed by atoms with van der Waals surface area (Å²) < 4.78 is 0. The molecule has 2 aromatic rings. The molecule has 19 heavy (non-hydrogen) atoms. The largest absolute Gasteiger partial charge is 0.389 e. The Bertz CT molecular complexity index is 565. The topological polar surface area (TPSA) is 78.5 Å². The number of β-amino-alcohol motifs (C(OH)–C–C–N with tert-alkyl or cyclic N) is 1. The Kier molecular flexibility index (Phi) is 3.02. The van der Waals surface area contributed by atoms with Crippen molar-refractivity contribution in [3.8, 4) is 11.3 Å². The van der Waals surface area contributed by atoms with E-state index in [2.05, 4.69) is 10.2 Å². The molecule has 98 valence electrons. The normalized spacial score (nSPS) is 18.8. The number of hydroxylamine groups is 2. The van der Waals surface area contributed by atoms with E-state index >= 15 is 0 Å². The molecule has 1 saturated heterocycles. The second-order valence-corrected chi connectivity index (χ2v) is 4.36. The summed E-state index contributed by atoms with van der Waals surface area (Å²) in [5.74, 6) is -0.243. The summed E-state index contributed by atoms with van der Waals surface area (Å²) in [6, 6.07) is 9.00. The smallest absolute Gasteiger partial charge is 0.277 e. The van der Waals surface area contributed by atoms with Gasteiger partial charge in [-0.1, -0.05) is 12.1 Å². The van der Waals surface area contributed by atoms with Crippen LogP contribution in [0.15, 0.2) is 36.5 Å². The monoisotopic (exact) mass is 259 g/mol. The number of hydrogen-bond donors (Lipinski definition) is 2. The summed E-state index contributed by atoms with van der Waals surface area (Å²) in [6.07, 6.45) is 1.07. The van der Waals surface area contributed by atoms with Gasteiger partial charge in [0.05, 0.1) is 12.2 Å². The lowest BCUT2D eigenvalue weighted by Gasteiger charge is -2.13. The molecule has 1 aliphatic rings. The fourth-order valence-corrected chi connectivity index (χ4v) is 1.97. The lowest BCUT2D eigenvalue weighted by atomic mass is 10.1. The van der Waals surface area contributed by atoms with Crippen molar-refractivity contribution in [3.63, 3.8) is 0 Å². The number of H-pyrrole nitrogens is 1. The molecule has 6 nitrogen and oxygen atoms in total. The highest BCUT2D eigenvalue weighted by atomic mass is 16.7. The minimum Gasteiger partial charge on any atom is -0.389 e. The van der Waals surface area contributed by atoms with Gasteiger partial charge in [-0.3, -0.25) is 14.7 Å². The van der Waals surface area contributed by atoms with Gasteiger partial charge >= 0.3 is 0 Å². The number of aliphatic hydroxyl groups is 1. The number of carbonyl (C=O) groups excluding carboxylic acids is 1. The van der Waals surface area contributed by atoms with Gasteiger partial charge < -0.3 is 5.11 Å². The van der Waals surface area contributed by atoms with Gasteiger partial charge in [0.2, 0.25) is 0 Å². The van der Waals surface area contributed by atoms with Gasteiger partial charge in [0.15, 0.2) is 0 Å². The summed E-state index contributed by atoms with van der Waals surface area (Å²) >= 11 is 0. The van der Waals surface area contributed by atoms with E-state index < -0.39 is 6.10 Å². The molecule has 2 heterocycles. The minimum absolute atomic E-state index is 0.165. The second-order valence-electron chi connectivity index (χ2n) is 4.36. The van der Waals surface area contributed by atoms with Gasteiger partial charge in [0, 0.05) is 11.8 Å². The fraction of sp³-hybridized carbons (Fsp3) is 0.231. The summed E-state index contributed by atoms with van der Waals surface area (Å²) in [5.41, 5.74) is 2.38. The van der Waals surface area contributed by atoms with Crippen LogP contribution < -0.4 is 0 Å². The number of hydrogen-bond acceptors (Lipinski definition) is 4. The molecule has 6 heteroatoms. The second kappa shape index (κ2) is 4.83. The Hall–Kier alpha value is -2.18. The van der Waals surface area contributed by atoms with Crippen LogP contribution in [0.25, 0.3) is 11.3 Å². The standard InChI is InChI=1S/C13H13N3O3/c17-11-7-16(19-8-11)13(18)10-3-1-9(2-4-10)12-5-6-14-15-12/h1-6,11,17H,7-8H2,(H,14,15)/t11-/m0/s1. The molecule has 0 saturated carbocycles. The van der Waals surface area contributed by atoms with Crippen molar-refractivity contribution in [2.24, 2.45) is 0 Å². The molecule has 0 spiro atoms. The molecule has 0 radical (unpaired) electrons. The van der Waals surface area contributed by atoms with Crippen LogP contribution in [-0.2, 0) is 4.84 Å². The molecular weight excluding hydrogens is 246 g/mol. The number of amides is 1. The zero-order chi connectivity index (χ0) is 13.2. The van der Waals surface area contributed by atoms with Crippen molar-refractivity contribution in [3.05, 3.63) is 42.1 Å². The number of aromatic nitrogens is 2. The van der Waals surface area contributed by atoms with E-state index in [0.717, 1.165) is 11.3 Å². The van der Waals surface area contributed by atoms with Gasteiger partial charge in [-0.2, -0.15) is 5.10 Å². The first-order valence-electron chi connectivity index (χ1n) is 5.97. The lowest BCUT2D eigenvalue weighted by Crippen LogP contribution is -2.28. The molecular formula is C13H13N3O3. The maximum Gasteiger partial charge on any atom is 0.277 e. The first-order valence-corrected chi connectivity index (χ1v) is 5.97. The van der Waals surface area contributed by atoms with Crippen molar-refractivity contribution >= 4 is 5.91 Å². The number of carbonyl (C=O) groups is 1. The van der Waals surface area contributed by atoms with Gasteiger partial charge in [-0.15, -0.1) is 0 Å². The molecule has 3 rings (SSSR count). The lowest BCUT2D eigenvalue weighted by molar-refractivity contribution is -0.0779. The highest BCUT2D eigenvalue weighted by molar-refractivity contribution is 5.94. The van der Waals surface area contributed by atoms with Crippen molar-refractivity contribution in [2.75, 3.05) is 13.2 Å². The number of nitrogens with one attached hydrogen (secondary N) is 1. The first-order chi connectivity index (χ1) is 9.24. The van der Waals surface area contributed by atoms with Crippen LogP contribution in [-0.4, -0.2) is 45.5 Å². The van der Waals surface area contributed by atoms with Crippen molar-refractivity contribution in [1.82, 2.24) is 15.3 Å². The molecule has 1 aromatic carbocycles. The molecule has 1 atom stereocenters. The number of aliphatic hydroxyl groups excluding tert-OH is 1. The van der Waals surface area contributed by atoms with Crippen LogP contribution in [0.4, 0.5) is 0 Å². The van der Waals surface area contributed by atoms with Crippen LogP contribution in [0, 0.1) is 0 Å². The number of aromatic amines is 1. The molecule has 1 amide bonds. The molecule has 1 fully saturated rings. The summed E-state index contributed by atoms with van der Waals surface area (Å²) in [7, 11) is 0. The minimum atomic E-state index is -0.604. The Morgan fingerprint density at radius 2 is 2.16 bits per heavy atom. The SMILES string of the molecule is O=C(c1ccc(-c2ccn[nH]2)cc1)N1C[C@H](O)CO1. The molecule has 1 aromatic heterocycles. The van der Waals surface area contributed by atoms with Gasteiger partial charge in [0.1, 0.15) is 12.7 Å². The van der Waals surface area contributed by atoms with Crippen LogP contribution in [0.2, 0.25) is 0 Å². The predicted molar refractivity (Wildman–Crippen MR) is 67.0 cm³/mol. The molecule has 0 bridgehead atoms. The van der Waals surface area contributed by atoms with Crippen LogP contribution >= 0.6 is 0 Å².